The predicted molar refractivity (Wildman–Crippen MR) is 128 cm³/mol. The molecule has 4 rings (SSSR count). The van der Waals surface area contributed by atoms with Crippen LogP contribution in [0.25, 0.3) is 15.0 Å². The van der Waals surface area contributed by atoms with Crippen molar-refractivity contribution in [2.45, 2.75) is 22.9 Å². The van der Waals surface area contributed by atoms with Gasteiger partial charge >= 0.3 is 11.5 Å². The molecular weight excluding hydrogens is 465 g/mol. The van der Waals surface area contributed by atoms with Gasteiger partial charge in [0.05, 0.1) is 5.56 Å². The highest BCUT2D eigenvalue weighted by Crippen LogP contribution is 2.40. The minimum Gasteiger partial charge on any atom is -0.438 e. The molecule has 2 nitrogen and oxygen atoms in total. The van der Waals surface area contributed by atoms with E-state index in [1.54, 1.807) is 12.1 Å². The van der Waals surface area contributed by atoms with Crippen molar-refractivity contribution in [3.05, 3.63) is 95.4 Å². The average molecular weight is 484 g/mol. The normalized spacial score (nSPS) is 13.8. The Balaban J connectivity index is 1.52. The van der Waals surface area contributed by atoms with E-state index in [4.69, 9.17) is 11.2 Å². The molecule has 0 amide bonds. The molecule has 0 aliphatic carbocycles. The first-order chi connectivity index (χ1) is 15.7. The molecule has 33 heavy (non-hydrogen) atoms. The Kier molecular flexibility index (Phi) is 6.24. The smallest absolute Gasteiger partial charge is 0.438 e. The van der Waals surface area contributed by atoms with Crippen molar-refractivity contribution in [3.8, 4) is 17.2 Å². The molecule has 3 aromatic carbocycles. The van der Waals surface area contributed by atoms with E-state index in [-0.39, 0.29) is 27.1 Å². The molecule has 4 aromatic rings. The van der Waals surface area contributed by atoms with Crippen LogP contribution in [0.3, 0.4) is 0 Å². The molecule has 0 fully saturated rings. The summed E-state index contributed by atoms with van der Waals surface area (Å²) in [5.74, 6) is 1.84. The number of ether oxygens (including phenoxy) is 1. The van der Waals surface area contributed by atoms with E-state index < -0.39 is 17.1 Å². The summed E-state index contributed by atoms with van der Waals surface area (Å²) in [5, 5.41) is 3.34. The van der Waals surface area contributed by atoms with E-state index in [1.807, 2.05) is 24.3 Å². The van der Waals surface area contributed by atoms with Gasteiger partial charge in [0.15, 0.2) is 15.2 Å². The molecule has 1 heterocycles. The number of benzene rings is 3. The molecule has 0 bridgehead atoms. The fourth-order valence-electron chi connectivity index (χ4n) is 3.37. The summed E-state index contributed by atoms with van der Waals surface area (Å²) in [7, 11) is -0.194. The molecular formula is C26H18F3O2S2+. The molecule has 0 saturated carbocycles. The van der Waals surface area contributed by atoms with Crippen LogP contribution in [0.1, 0.15) is 22.8 Å². The maximum Gasteiger partial charge on any atom is 0.446 e. The number of rotatable bonds is 5. The van der Waals surface area contributed by atoms with Gasteiger partial charge in [-0.15, -0.1) is 6.42 Å². The number of carbonyl (C=O) groups excluding carboxylic acids is 1. The van der Waals surface area contributed by atoms with Gasteiger partial charge in [0.25, 0.3) is 0 Å². The van der Waals surface area contributed by atoms with E-state index in [9.17, 15) is 18.0 Å². The molecule has 2 atom stereocenters. The lowest BCUT2D eigenvalue weighted by Gasteiger charge is -2.24. The lowest BCUT2D eigenvalue weighted by Crippen LogP contribution is -2.27. The van der Waals surface area contributed by atoms with Crippen LogP contribution in [-0.2, 0) is 10.3 Å². The number of terminal acetylenes is 1. The molecule has 1 aromatic heterocycles. The van der Waals surface area contributed by atoms with Crippen molar-refractivity contribution in [2.75, 3.05) is 0 Å². The van der Waals surface area contributed by atoms with Gasteiger partial charge in [0.1, 0.15) is 5.38 Å². The predicted octanol–water partition coefficient (Wildman–Crippen LogP) is 7.90. The van der Waals surface area contributed by atoms with Crippen LogP contribution in [0, 0.1) is 12.3 Å². The first-order valence-electron chi connectivity index (χ1n) is 9.86. The summed E-state index contributed by atoms with van der Waals surface area (Å²) < 4.78 is 44.5. The average Bonchev–Trinajstić information content (AvgIpc) is 3.22. The van der Waals surface area contributed by atoms with Gasteiger partial charge in [-0.1, -0.05) is 30.2 Å². The van der Waals surface area contributed by atoms with Crippen LogP contribution in [0.2, 0.25) is 0 Å². The van der Waals surface area contributed by atoms with Gasteiger partial charge in [-0.25, -0.2) is 4.79 Å². The Morgan fingerprint density at radius 3 is 2.27 bits per heavy atom. The fourth-order valence-corrected chi connectivity index (χ4v) is 5.79. The maximum absolute atomic E-state index is 12.8. The molecule has 0 saturated heterocycles. The largest absolute Gasteiger partial charge is 0.446 e. The highest BCUT2D eigenvalue weighted by Gasteiger charge is 2.32. The number of carbonyl (C=O) groups is 1. The zero-order valence-corrected chi connectivity index (χ0v) is 19.1. The molecule has 0 spiro atoms. The summed E-state index contributed by atoms with van der Waals surface area (Å²) in [6.45, 7) is 1.53. The van der Waals surface area contributed by atoms with Gasteiger partial charge in [-0.3, -0.25) is 0 Å². The minimum atomic E-state index is -4.38. The Morgan fingerprint density at radius 1 is 0.970 bits per heavy atom. The topological polar surface area (TPSA) is 26.3 Å². The number of halogens is 3. The standard InChI is InChI=1S/C26H18F3O2S2/c1-3-25(2,20-10-12-21(13-11-20)32-26(27,28)29)31-24(30)19-8-14-22(15-9-19)33-17-16-18-6-4-5-7-23(18)33/h1,4-17H,2H3/q+1. The summed E-state index contributed by atoms with van der Waals surface area (Å²) >= 11 is -0.218. The van der Waals surface area contributed by atoms with Crippen molar-refractivity contribution >= 4 is 38.3 Å². The molecule has 7 heteroatoms. The van der Waals surface area contributed by atoms with E-state index in [0.717, 1.165) is 4.90 Å². The number of hydrogen-bond donors (Lipinski definition) is 0. The van der Waals surface area contributed by atoms with Crippen LogP contribution in [0.4, 0.5) is 13.2 Å². The van der Waals surface area contributed by atoms with Crippen LogP contribution in [-0.4, -0.2) is 11.5 Å². The number of alkyl halides is 3. The monoisotopic (exact) mass is 483 g/mol. The first-order valence-corrected chi connectivity index (χ1v) is 12.0. The van der Waals surface area contributed by atoms with Gasteiger partial charge in [0, 0.05) is 32.4 Å². The Bertz CT molecular complexity index is 1330. The van der Waals surface area contributed by atoms with Crippen molar-refractivity contribution in [3.63, 3.8) is 0 Å². The fraction of sp³-hybridized carbons (Fsp3) is 0.115. The summed E-state index contributed by atoms with van der Waals surface area (Å²) in [6, 6.07) is 22.9. The van der Waals surface area contributed by atoms with E-state index in [0.29, 0.717) is 11.1 Å². The van der Waals surface area contributed by atoms with E-state index in [2.05, 4.69) is 29.5 Å². The van der Waals surface area contributed by atoms with Gasteiger partial charge in [-0.05, 0) is 67.2 Å². The van der Waals surface area contributed by atoms with Gasteiger partial charge in [-0.2, -0.15) is 13.2 Å². The van der Waals surface area contributed by atoms with Crippen molar-refractivity contribution < 1.29 is 22.7 Å². The second-order valence-electron chi connectivity index (χ2n) is 7.34. The Morgan fingerprint density at radius 2 is 1.64 bits per heavy atom. The van der Waals surface area contributed by atoms with Crippen molar-refractivity contribution in [1.29, 1.82) is 0 Å². The number of hydrogen-bond acceptors (Lipinski definition) is 3. The molecule has 0 aliphatic rings. The second kappa shape index (κ2) is 8.97. The van der Waals surface area contributed by atoms with Gasteiger partial charge in [0.2, 0.25) is 0 Å². The van der Waals surface area contributed by atoms with Crippen molar-refractivity contribution in [2.24, 2.45) is 0 Å². The lowest BCUT2D eigenvalue weighted by atomic mass is 9.96. The molecule has 0 aliphatic heterocycles. The summed E-state index contributed by atoms with van der Waals surface area (Å²) in [4.78, 5) is 13.9. The number of thiophene rings is 1. The van der Waals surface area contributed by atoms with Crippen LogP contribution in [0.15, 0.2) is 89.1 Å². The quantitative estimate of drug-likeness (QED) is 0.125. The third-order valence-electron chi connectivity index (χ3n) is 5.09. The zero-order valence-electron chi connectivity index (χ0n) is 17.4. The van der Waals surface area contributed by atoms with Gasteiger partial charge < -0.3 is 4.74 Å². The second-order valence-corrected chi connectivity index (χ2v) is 10.3. The Hall–Kier alpha value is -3.21. The summed E-state index contributed by atoms with van der Waals surface area (Å²) in [5.41, 5.74) is -5.06. The molecule has 0 radical (unpaired) electrons. The highest BCUT2D eigenvalue weighted by atomic mass is 32.2. The number of fused-ring (bicyclic) bond motifs is 1. The third kappa shape index (κ3) is 5.08. The van der Waals surface area contributed by atoms with Crippen LogP contribution in [0.5, 0.6) is 0 Å². The molecule has 0 N–H and O–H groups in total. The lowest BCUT2D eigenvalue weighted by molar-refractivity contribution is -0.0328. The van der Waals surface area contributed by atoms with E-state index in [1.165, 1.54) is 41.3 Å². The zero-order chi connectivity index (χ0) is 23.6. The summed E-state index contributed by atoms with van der Waals surface area (Å²) in [6.07, 6.45) is 5.64. The first kappa shape index (κ1) is 23.0. The molecule has 166 valence electrons. The van der Waals surface area contributed by atoms with Crippen LogP contribution >= 0.6 is 22.2 Å². The third-order valence-corrected chi connectivity index (χ3v) is 7.87. The SMILES string of the molecule is C#CC(C)(OC(=O)c1ccc(-[s+]2ccc3ccccc32)cc1)c1ccc(SC(F)(F)F)cc1. The van der Waals surface area contributed by atoms with E-state index >= 15 is 0 Å². The number of esters is 1. The Labute approximate surface area is 196 Å². The van der Waals surface area contributed by atoms with Crippen LogP contribution < -0.4 is 0 Å². The highest BCUT2D eigenvalue weighted by molar-refractivity contribution is 8.00. The van der Waals surface area contributed by atoms with Crippen molar-refractivity contribution in [1.82, 2.24) is 0 Å². The molecule has 2 unspecified atom stereocenters. The number of thioether (sulfide) groups is 1. The minimum absolute atomic E-state index is 0.0240. The maximum atomic E-state index is 12.8.